The van der Waals surface area contributed by atoms with E-state index in [2.05, 4.69) is 6.58 Å². The van der Waals surface area contributed by atoms with Gasteiger partial charge in [-0.25, -0.2) is 8.42 Å². The lowest BCUT2D eigenvalue weighted by atomic mass is 10.1. The van der Waals surface area contributed by atoms with E-state index in [0.717, 1.165) is 17.7 Å². The Hall–Kier alpha value is -2.80. The molecule has 0 amide bonds. The molecule has 3 nitrogen and oxygen atoms in total. The number of rotatable bonds is 4. The number of halogens is 3. The lowest BCUT2D eigenvalue weighted by Gasteiger charge is -2.08. The van der Waals surface area contributed by atoms with Crippen LogP contribution in [0.1, 0.15) is 16.9 Å². The van der Waals surface area contributed by atoms with E-state index in [4.69, 9.17) is 4.42 Å². The van der Waals surface area contributed by atoms with Gasteiger partial charge in [0, 0.05) is 11.6 Å². The maximum Gasteiger partial charge on any atom is 0.416 e. The molecule has 0 radical (unpaired) electrons. The first-order valence-electron chi connectivity index (χ1n) is 7.88. The molecule has 3 rings (SSSR count). The van der Waals surface area contributed by atoms with E-state index in [0.29, 0.717) is 0 Å². The Bertz CT molecular complexity index is 1070. The number of furan rings is 1. The van der Waals surface area contributed by atoms with Crippen molar-refractivity contribution in [3.05, 3.63) is 78.1 Å². The number of aryl methyl sites for hydroxylation is 1. The van der Waals surface area contributed by atoms with Crippen molar-refractivity contribution in [3.63, 3.8) is 0 Å². The summed E-state index contributed by atoms with van der Waals surface area (Å²) in [4.78, 5) is -0.0568. The van der Waals surface area contributed by atoms with Crippen LogP contribution in [0.25, 0.3) is 17.4 Å². The molecule has 0 fully saturated rings. The van der Waals surface area contributed by atoms with Crippen LogP contribution >= 0.6 is 0 Å². The monoisotopic (exact) mass is 392 g/mol. The van der Waals surface area contributed by atoms with Crippen LogP contribution in [0.4, 0.5) is 13.2 Å². The molecule has 0 saturated heterocycles. The SMILES string of the molecule is C=Cc1cc(S(=O)(=O)c2ccc(C)cc2)c(-c2ccc(C(F)(F)F)cc2)o1. The van der Waals surface area contributed by atoms with Gasteiger partial charge in [0.25, 0.3) is 0 Å². The van der Waals surface area contributed by atoms with Crippen LogP contribution in [-0.2, 0) is 16.0 Å². The molecule has 0 atom stereocenters. The second-order valence-electron chi connectivity index (χ2n) is 5.94. The van der Waals surface area contributed by atoms with Crippen LogP contribution in [0.15, 0.2) is 75.4 Å². The zero-order chi connectivity index (χ0) is 19.8. The van der Waals surface area contributed by atoms with Gasteiger partial charge in [-0.1, -0.05) is 36.4 Å². The van der Waals surface area contributed by atoms with Gasteiger partial charge in [-0.2, -0.15) is 13.2 Å². The Kier molecular flexibility index (Phi) is 4.73. The Morgan fingerprint density at radius 2 is 1.59 bits per heavy atom. The molecule has 140 valence electrons. The highest BCUT2D eigenvalue weighted by Crippen LogP contribution is 2.36. The molecule has 1 aromatic heterocycles. The summed E-state index contributed by atoms with van der Waals surface area (Å²) in [6.45, 7) is 5.39. The van der Waals surface area contributed by atoms with Crippen LogP contribution in [0.3, 0.4) is 0 Å². The van der Waals surface area contributed by atoms with Gasteiger partial charge in [0.2, 0.25) is 9.84 Å². The average Bonchev–Trinajstić information content (AvgIpc) is 3.07. The highest BCUT2D eigenvalue weighted by molar-refractivity contribution is 7.91. The van der Waals surface area contributed by atoms with Gasteiger partial charge in [0.1, 0.15) is 10.7 Å². The molecule has 0 aliphatic carbocycles. The summed E-state index contributed by atoms with van der Waals surface area (Å²) in [6, 6.07) is 11.7. The Morgan fingerprint density at radius 1 is 1.00 bits per heavy atom. The van der Waals surface area contributed by atoms with Gasteiger partial charge in [-0.15, -0.1) is 0 Å². The second-order valence-corrected chi connectivity index (χ2v) is 7.86. The van der Waals surface area contributed by atoms with E-state index in [1.807, 2.05) is 6.92 Å². The van der Waals surface area contributed by atoms with Crippen molar-refractivity contribution in [2.45, 2.75) is 22.9 Å². The average molecular weight is 392 g/mol. The number of alkyl halides is 3. The van der Waals surface area contributed by atoms with Gasteiger partial charge in [-0.05, 0) is 37.3 Å². The third-order valence-corrected chi connectivity index (χ3v) is 5.79. The van der Waals surface area contributed by atoms with Gasteiger partial charge < -0.3 is 4.42 Å². The Labute approximate surface area is 154 Å². The summed E-state index contributed by atoms with van der Waals surface area (Å²) < 4.78 is 69.9. The number of hydrogen-bond acceptors (Lipinski definition) is 3. The summed E-state index contributed by atoms with van der Waals surface area (Å²) in [7, 11) is -3.93. The summed E-state index contributed by atoms with van der Waals surface area (Å²) >= 11 is 0. The highest BCUT2D eigenvalue weighted by atomic mass is 32.2. The van der Waals surface area contributed by atoms with Gasteiger partial charge >= 0.3 is 6.18 Å². The van der Waals surface area contributed by atoms with Crippen molar-refractivity contribution in [3.8, 4) is 11.3 Å². The Morgan fingerprint density at radius 3 is 2.11 bits per heavy atom. The van der Waals surface area contributed by atoms with Crippen molar-refractivity contribution in [2.75, 3.05) is 0 Å². The quantitative estimate of drug-likeness (QED) is 0.568. The molecule has 2 aromatic carbocycles. The minimum absolute atomic E-state index is 0.0285. The molecule has 7 heteroatoms. The number of sulfone groups is 1. The fourth-order valence-electron chi connectivity index (χ4n) is 2.55. The topological polar surface area (TPSA) is 47.3 Å². The molecule has 0 bridgehead atoms. The fraction of sp³-hybridized carbons (Fsp3) is 0.100. The highest BCUT2D eigenvalue weighted by Gasteiger charge is 2.31. The zero-order valence-corrected chi connectivity index (χ0v) is 15.1. The third-order valence-electron chi connectivity index (χ3n) is 4.01. The normalized spacial score (nSPS) is 12.1. The lowest BCUT2D eigenvalue weighted by molar-refractivity contribution is -0.137. The predicted molar refractivity (Wildman–Crippen MR) is 95.9 cm³/mol. The maximum absolute atomic E-state index is 13.0. The van der Waals surface area contributed by atoms with Gasteiger partial charge in [0.15, 0.2) is 5.76 Å². The van der Waals surface area contributed by atoms with Crippen molar-refractivity contribution in [1.29, 1.82) is 0 Å². The first-order chi connectivity index (χ1) is 12.6. The summed E-state index contributed by atoms with van der Waals surface area (Å²) in [6.07, 6.45) is -3.15. The van der Waals surface area contributed by atoms with Crippen LogP contribution in [0, 0.1) is 6.92 Å². The molecule has 0 aliphatic heterocycles. The standard InChI is InChI=1S/C20H15F3O3S/c1-3-16-12-18(27(24,25)17-10-4-13(2)5-11-17)19(26-16)14-6-8-15(9-7-14)20(21,22)23/h3-12H,1H2,2H3. The van der Waals surface area contributed by atoms with E-state index in [-0.39, 0.29) is 26.9 Å². The van der Waals surface area contributed by atoms with Gasteiger partial charge in [0.05, 0.1) is 10.5 Å². The summed E-state index contributed by atoms with van der Waals surface area (Å²) in [5, 5.41) is 0. The van der Waals surface area contributed by atoms with E-state index < -0.39 is 21.6 Å². The molecule has 0 unspecified atom stereocenters. The smallest absolute Gasteiger partial charge is 0.416 e. The molecule has 0 saturated carbocycles. The molecular weight excluding hydrogens is 377 g/mol. The van der Waals surface area contributed by atoms with E-state index in [1.54, 1.807) is 12.1 Å². The molecule has 0 aliphatic rings. The van der Waals surface area contributed by atoms with E-state index in [1.165, 1.54) is 36.4 Å². The van der Waals surface area contributed by atoms with Crippen molar-refractivity contribution in [1.82, 2.24) is 0 Å². The van der Waals surface area contributed by atoms with E-state index >= 15 is 0 Å². The first-order valence-corrected chi connectivity index (χ1v) is 9.37. The zero-order valence-electron chi connectivity index (χ0n) is 14.2. The second kappa shape index (κ2) is 6.74. The minimum atomic E-state index is -4.48. The maximum atomic E-state index is 13.0. The first kappa shape index (κ1) is 19.0. The largest absolute Gasteiger partial charge is 0.455 e. The van der Waals surface area contributed by atoms with Gasteiger partial charge in [-0.3, -0.25) is 0 Å². The molecule has 27 heavy (non-hydrogen) atoms. The van der Waals surface area contributed by atoms with Crippen molar-refractivity contribution in [2.24, 2.45) is 0 Å². The van der Waals surface area contributed by atoms with E-state index in [9.17, 15) is 21.6 Å². The molecule has 0 spiro atoms. The van der Waals surface area contributed by atoms with Crippen LogP contribution < -0.4 is 0 Å². The molecule has 0 N–H and O–H groups in total. The molecular formula is C20H15F3O3S. The van der Waals surface area contributed by atoms with Crippen LogP contribution in [-0.4, -0.2) is 8.42 Å². The summed E-state index contributed by atoms with van der Waals surface area (Å²) in [5.74, 6) is 0.176. The fourth-order valence-corrected chi connectivity index (χ4v) is 3.97. The van der Waals surface area contributed by atoms with Crippen molar-refractivity contribution >= 4 is 15.9 Å². The predicted octanol–water partition coefficient (Wildman–Crippen LogP) is 5.75. The number of hydrogen-bond donors (Lipinski definition) is 0. The lowest BCUT2D eigenvalue weighted by Crippen LogP contribution is -2.04. The van der Waals surface area contributed by atoms with Crippen molar-refractivity contribution < 1.29 is 26.0 Å². The van der Waals surface area contributed by atoms with Crippen LogP contribution in [0.5, 0.6) is 0 Å². The minimum Gasteiger partial charge on any atom is -0.455 e. The summed E-state index contributed by atoms with van der Waals surface area (Å²) in [5.41, 5.74) is 0.294. The third kappa shape index (κ3) is 3.68. The number of benzene rings is 2. The molecule has 1 heterocycles. The molecule has 3 aromatic rings. The Balaban J connectivity index is 2.14. The van der Waals surface area contributed by atoms with Crippen LogP contribution in [0.2, 0.25) is 0 Å².